The number of nitrogens with one attached hydrogen (secondary N) is 1. The zero-order chi connectivity index (χ0) is 44.8. The van der Waals surface area contributed by atoms with Crippen LogP contribution in [0.25, 0.3) is 11.3 Å². The van der Waals surface area contributed by atoms with E-state index in [9.17, 15) is 32.8 Å². The SMILES string of the molecule is C=CC(=O)N1CCN(c2ccc(CCC(=O)N3CCCC(C4CCN(C(=O)c5cccc(-c6nc(NC(=O)C7(c8ccc9c(c8)OC(F)(F)O9)CC7)ccc6C)c5)CC4)C3)o2)C(=O)C1. The van der Waals surface area contributed by atoms with Crippen molar-refractivity contribution >= 4 is 41.2 Å². The van der Waals surface area contributed by atoms with Crippen LogP contribution in [0.2, 0.25) is 0 Å². The Morgan fingerprint density at radius 3 is 2.44 bits per heavy atom. The van der Waals surface area contributed by atoms with Crippen molar-refractivity contribution in [3.8, 4) is 22.8 Å². The molecule has 1 unspecified atom stereocenters. The number of alkyl halides is 2. The Kier molecular flexibility index (Phi) is 11.5. The van der Waals surface area contributed by atoms with Crippen LogP contribution in [0.5, 0.6) is 11.5 Å². The van der Waals surface area contributed by atoms with E-state index in [1.807, 2.05) is 41.0 Å². The van der Waals surface area contributed by atoms with Gasteiger partial charge in [0.1, 0.15) is 18.1 Å². The Morgan fingerprint density at radius 2 is 1.67 bits per heavy atom. The molecule has 1 atom stereocenters. The summed E-state index contributed by atoms with van der Waals surface area (Å²) in [6.07, 6.45) is 2.92. The fourth-order valence-electron chi connectivity index (χ4n) is 9.58. The van der Waals surface area contributed by atoms with Gasteiger partial charge >= 0.3 is 6.29 Å². The van der Waals surface area contributed by atoms with Crippen LogP contribution in [-0.2, 0) is 31.0 Å². The zero-order valence-electron chi connectivity index (χ0n) is 35.7. The summed E-state index contributed by atoms with van der Waals surface area (Å²) >= 11 is 0. The van der Waals surface area contributed by atoms with Crippen molar-refractivity contribution in [2.45, 2.75) is 70.0 Å². The molecule has 14 nitrogen and oxygen atoms in total. The topological polar surface area (TPSA) is 155 Å². The van der Waals surface area contributed by atoms with E-state index >= 15 is 0 Å². The number of anilines is 2. The van der Waals surface area contributed by atoms with E-state index in [0.717, 1.165) is 36.8 Å². The number of carbonyl (C=O) groups is 5. The molecule has 0 bridgehead atoms. The molecule has 5 amide bonds. The number of benzene rings is 2. The first-order valence-electron chi connectivity index (χ1n) is 22.0. The number of rotatable bonds is 11. The number of fused-ring (bicyclic) bond motifs is 1. The van der Waals surface area contributed by atoms with Crippen molar-refractivity contribution in [2.24, 2.45) is 11.8 Å². The van der Waals surface area contributed by atoms with Gasteiger partial charge in [-0.3, -0.25) is 28.9 Å². The fourth-order valence-corrected chi connectivity index (χ4v) is 9.58. The van der Waals surface area contributed by atoms with Gasteiger partial charge in [-0.1, -0.05) is 30.8 Å². The van der Waals surface area contributed by atoms with Gasteiger partial charge in [-0.25, -0.2) is 4.98 Å². The molecule has 2 aromatic heterocycles. The average Bonchev–Trinajstić information content (AvgIpc) is 3.88. The first-order chi connectivity index (χ1) is 30.8. The monoisotopic (exact) mass is 876 g/mol. The number of furan rings is 1. The van der Waals surface area contributed by atoms with Gasteiger partial charge in [-0.05, 0) is 111 Å². The quantitative estimate of drug-likeness (QED) is 0.162. The molecular formula is C48H50F2N6O8. The second kappa shape index (κ2) is 17.2. The summed E-state index contributed by atoms with van der Waals surface area (Å²) in [6.45, 7) is 8.72. The number of piperidine rings is 2. The number of hydrogen-bond acceptors (Lipinski definition) is 9. The predicted octanol–water partition coefficient (Wildman–Crippen LogP) is 6.73. The van der Waals surface area contributed by atoms with Crippen molar-refractivity contribution in [2.75, 3.05) is 56.0 Å². The summed E-state index contributed by atoms with van der Waals surface area (Å²) < 4.78 is 42.4. The molecule has 4 aliphatic heterocycles. The molecule has 0 spiro atoms. The van der Waals surface area contributed by atoms with E-state index in [1.54, 1.807) is 30.3 Å². The smallest absolute Gasteiger partial charge is 0.445 e. The number of pyridine rings is 1. The van der Waals surface area contributed by atoms with Gasteiger partial charge in [0.2, 0.25) is 29.5 Å². The molecule has 2 aromatic carbocycles. The number of aromatic nitrogens is 1. The maximum Gasteiger partial charge on any atom is 0.586 e. The van der Waals surface area contributed by atoms with Gasteiger partial charge in [-0.15, -0.1) is 8.78 Å². The third-order valence-electron chi connectivity index (χ3n) is 13.4. The molecule has 9 rings (SSSR count). The van der Waals surface area contributed by atoms with Crippen molar-refractivity contribution in [3.05, 3.63) is 102 Å². The van der Waals surface area contributed by atoms with Gasteiger partial charge in [0.15, 0.2) is 11.5 Å². The second-order valence-corrected chi connectivity index (χ2v) is 17.4. The normalized spacial score (nSPS) is 20.2. The lowest BCUT2D eigenvalue weighted by atomic mass is 9.79. The summed E-state index contributed by atoms with van der Waals surface area (Å²) in [4.78, 5) is 77.2. The fraction of sp³-hybridized carbons (Fsp3) is 0.417. The minimum Gasteiger partial charge on any atom is -0.445 e. The second-order valence-electron chi connectivity index (χ2n) is 17.4. The van der Waals surface area contributed by atoms with E-state index in [2.05, 4.69) is 21.4 Å². The first kappa shape index (κ1) is 42.7. The lowest BCUT2D eigenvalue weighted by Crippen LogP contribution is -2.52. The van der Waals surface area contributed by atoms with E-state index in [0.29, 0.717) is 111 Å². The van der Waals surface area contributed by atoms with Crippen LogP contribution in [0.3, 0.4) is 0 Å². The van der Waals surface area contributed by atoms with Crippen molar-refractivity contribution in [3.63, 3.8) is 0 Å². The molecule has 64 heavy (non-hydrogen) atoms. The molecule has 1 saturated carbocycles. The van der Waals surface area contributed by atoms with Crippen LogP contribution >= 0.6 is 0 Å². The number of amides is 5. The number of halogens is 2. The largest absolute Gasteiger partial charge is 0.586 e. The van der Waals surface area contributed by atoms with E-state index in [1.165, 1.54) is 28.0 Å². The van der Waals surface area contributed by atoms with Crippen LogP contribution in [0, 0.1) is 18.8 Å². The van der Waals surface area contributed by atoms with Crippen molar-refractivity contribution < 1.29 is 46.6 Å². The molecular weight excluding hydrogens is 827 g/mol. The molecule has 0 radical (unpaired) electrons. The Labute approximate surface area is 369 Å². The third-order valence-corrected chi connectivity index (χ3v) is 13.4. The lowest BCUT2D eigenvalue weighted by molar-refractivity contribution is -0.286. The predicted molar refractivity (Wildman–Crippen MR) is 231 cm³/mol. The number of piperazine rings is 1. The summed E-state index contributed by atoms with van der Waals surface area (Å²) in [5.41, 5.74) is 2.42. The molecule has 1 N–H and O–H groups in total. The Balaban J connectivity index is 0.764. The van der Waals surface area contributed by atoms with E-state index in [4.69, 9.17) is 9.40 Å². The Bertz CT molecular complexity index is 2510. The summed E-state index contributed by atoms with van der Waals surface area (Å²) in [5.74, 6) is 1.15. The van der Waals surface area contributed by atoms with Crippen molar-refractivity contribution in [1.29, 1.82) is 0 Å². The number of aryl methyl sites for hydroxylation is 2. The minimum absolute atomic E-state index is 0.0372. The van der Waals surface area contributed by atoms with E-state index in [-0.39, 0.29) is 47.6 Å². The van der Waals surface area contributed by atoms with Crippen LogP contribution in [0.1, 0.15) is 72.2 Å². The number of hydrogen-bond donors (Lipinski definition) is 1. The highest BCUT2D eigenvalue weighted by Gasteiger charge is 2.53. The summed E-state index contributed by atoms with van der Waals surface area (Å²) in [7, 11) is 0. The van der Waals surface area contributed by atoms with Gasteiger partial charge in [0, 0.05) is 69.3 Å². The molecule has 334 valence electrons. The molecule has 4 fully saturated rings. The number of likely N-dealkylation sites (tertiary alicyclic amines) is 2. The average molecular weight is 877 g/mol. The Morgan fingerprint density at radius 1 is 0.875 bits per heavy atom. The van der Waals surface area contributed by atoms with Crippen LogP contribution < -0.4 is 19.7 Å². The highest BCUT2D eigenvalue weighted by atomic mass is 19.3. The summed E-state index contributed by atoms with van der Waals surface area (Å²) in [6, 6.07) is 18.9. The van der Waals surface area contributed by atoms with Crippen LogP contribution in [0.4, 0.5) is 20.5 Å². The lowest BCUT2D eigenvalue weighted by Gasteiger charge is -2.41. The van der Waals surface area contributed by atoms with Gasteiger partial charge in [0.05, 0.1) is 11.1 Å². The molecule has 1 aliphatic carbocycles. The maximum atomic E-state index is 13.9. The Hall–Kier alpha value is -6.58. The zero-order valence-corrected chi connectivity index (χ0v) is 35.7. The number of nitrogens with zero attached hydrogens (tertiary/aromatic N) is 5. The van der Waals surface area contributed by atoms with Gasteiger partial charge < -0.3 is 33.9 Å². The molecule has 6 heterocycles. The highest BCUT2D eigenvalue weighted by molar-refractivity contribution is 6.01. The molecule has 3 saturated heterocycles. The maximum absolute atomic E-state index is 13.9. The third kappa shape index (κ3) is 8.69. The highest BCUT2D eigenvalue weighted by Crippen LogP contribution is 2.52. The van der Waals surface area contributed by atoms with E-state index < -0.39 is 11.7 Å². The number of carbonyl (C=O) groups excluding carboxylic acids is 5. The van der Waals surface area contributed by atoms with Crippen LogP contribution in [0.15, 0.2) is 83.8 Å². The molecule has 16 heteroatoms. The van der Waals surface area contributed by atoms with Gasteiger partial charge in [-0.2, -0.15) is 0 Å². The minimum atomic E-state index is -3.75. The molecule has 4 aromatic rings. The standard InChI is InChI=1S/C48H50F2N6O8/c1-3-40(57)55-24-25-56(42(59)29-55)43-16-12-36(62-43)11-15-41(58)54-21-5-8-34(28-54)31-17-22-53(23-18-31)45(60)33-7-4-6-32(26-33)44-30(2)9-14-39(51-44)52-46(61)47(19-20-47)35-10-13-37-38(27-35)64-48(49,50)63-37/h3-4,6-7,9-10,12-14,16,26-27,31,34H,1,5,8,11,15,17-25,28-29H2,2H3,(H,51,52,61). The number of ether oxygens (including phenoxy) is 2. The van der Waals surface area contributed by atoms with Gasteiger partial charge in [0.25, 0.3) is 5.91 Å². The summed E-state index contributed by atoms with van der Waals surface area (Å²) in [5, 5.41) is 2.93. The molecule has 5 aliphatic rings. The van der Waals surface area contributed by atoms with Crippen molar-refractivity contribution in [1.82, 2.24) is 19.7 Å². The first-order valence-corrected chi connectivity index (χ1v) is 22.0. The van der Waals surface area contributed by atoms with Crippen LogP contribution in [-0.4, -0.2) is 101 Å².